The molecule has 0 heterocycles. The molecule has 0 bridgehead atoms. The van der Waals surface area contributed by atoms with Crippen LogP contribution in [0.1, 0.15) is 55.5 Å². The molecule has 0 saturated heterocycles. The largest absolute Gasteiger partial charge is 0.352 e. The maximum atomic E-state index is 12.6. The van der Waals surface area contributed by atoms with Gasteiger partial charge in [0.2, 0.25) is 5.91 Å². The third kappa shape index (κ3) is 6.33. The first-order valence-electron chi connectivity index (χ1n) is 8.80. The topological polar surface area (TPSA) is 84.2 Å². The van der Waals surface area contributed by atoms with Gasteiger partial charge in [-0.3, -0.25) is 9.59 Å². The molecule has 0 spiro atoms. The first-order chi connectivity index (χ1) is 11.4. The SMILES string of the molecule is Cc1ccc(C(=O)NC(C(=O)NC2CCC(N)CC2)C(C)C)cc1.Cl. The van der Waals surface area contributed by atoms with E-state index < -0.39 is 6.04 Å². The summed E-state index contributed by atoms with van der Waals surface area (Å²) in [6, 6.07) is 7.23. The van der Waals surface area contributed by atoms with Crippen molar-refractivity contribution in [1.82, 2.24) is 10.6 Å². The molecule has 1 aromatic carbocycles. The summed E-state index contributed by atoms with van der Waals surface area (Å²) < 4.78 is 0. The van der Waals surface area contributed by atoms with Crippen LogP contribution < -0.4 is 16.4 Å². The molecule has 0 aromatic heterocycles. The second kappa shape index (κ2) is 9.78. The van der Waals surface area contributed by atoms with E-state index in [9.17, 15) is 9.59 Å². The van der Waals surface area contributed by atoms with Crippen molar-refractivity contribution < 1.29 is 9.59 Å². The van der Waals surface area contributed by atoms with Crippen LogP contribution in [0.5, 0.6) is 0 Å². The van der Waals surface area contributed by atoms with Gasteiger partial charge in [-0.25, -0.2) is 0 Å². The lowest BCUT2D eigenvalue weighted by atomic mass is 9.91. The molecule has 1 saturated carbocycles. The molecule has 1 aromatic rings. The molecule has 1 atom stereocenters. The van der Waals surface area contributed by atoms with Gasteiger partial charge in [0.25, 0.3) is 5.91 Å². The minimum Gasteiger partial charge on any atom is -0.352 e. The van der Waals surface area contributed by atoms with Crippen LogP contribution in [0, 0.1) is 12.8 Å². The number of hydrogen-bond acceptors (Lipinski definition) is 3. The Bertz CT molecular complexity index is 567. The molecular weight excluding hydrogens is 338 g/mol. The highest BCUT2D eigenvalue weighted by atomic mass is 35.5. The Labute approximate surface area is 156 Å². The van der Waals surface area contributed by atoms with Gasteiger partial charge < -0.3 is 16.4 Å². The normalized spacial score (nSPS) is 21.2. The summed E-state index contributed by atoms with van der Waals surface area (Å²) in [7, 11) is 0. The van der Waals surface area contributed by atoms with Crippen LogP contribution in [0.15, 0.2) is 24.3 Å². The first kappa shape index (κ1) is 21.5. The molecule has 5 nitrogen and oxygen atoms in total. The Morgan fingerprint density at radius 1 is 1.08 bits per heavy atom. The number of carbonyl (C=O) groups excluding carboxylic acids is 2. The van der Waals surface area contributed by atoms with Crippen LogP contribution in [0.25, 0.3) is 0 Å². The molecule has 6 heteroatoms. The summed E-state index contributed by atoms with van der Waals surface area (Å²) in [6.07, 6.45) is 3.69. The molecule has 1 fully saturated rings. The zero-order valence-corrected chi connectivity index (χ0v) is 16.1. The fraction of sp³-hybridized carbons (Fsp3) is 0.579. The molecule has 2 amide bonds. The molecule has 4 N–H and O–H groups in total. The Hall–Kier alpha value is -1.59. The second-order valence-electron chi connectivity index (χ2n) is 7.18. The summed E-state index contributed by atoms with van der Waals surface area (Å²) in [5, 5.41) is 5.95. The van der Waals surface area contributed by atoms with E-state index in [1.807, 2.05) is 32.9 Å². The van der Waals surface area contributed by atoms with Crippen molar-refractivity contribution in [2.75, 3.05) is 0 Å². The van der Waals surface area contributed by atoms with Crippen molar-refractivity contribution in [3.8, 4) is 0 Å². The zero-order valence-electron chi connectivity index (χ0n) is 15.2. The molecule has 25 heavy (non-hydrogen) atoms. The number of nitrogens with two attached hydrogens (primary N) is 1. The first-order valence-corrected chi connectivity index (χ1v) is 8.80. The summed E-state index contributed by atoms with van der Waals surface area (Å²) in [4.78, 5) is 25.0. The van der Waals surface area contributed by atoms with Crippen LogP contribution in [0.3, 0.4) is 0 Å². The highest BCUT2D eigenvalue weighted by Gasteiger charge is 2.28. The number of hydrogen-bond donors (Lipinski definition) is 3. The average molecular weight is 368 g/mol. The van der Waals surface area contributed by atoms with E-state index in [-0.39, 0.29) is 42.2 Å². The van der Waals surface area contributed by atoms with Crippen molar-refractivity contribution in [2.45, 2.75) is 64.6 Å². The molecule has 140 valence electrons. The highest BCUT2D eigenvalue weighted by molar-refractivity contribution is 5.97. The minimum absolute atomic E-state index is 0. The molecule has 2 rings (SSSR count). The van der Waals surface area contributed by atoms with E-state index in [0.717, 1.165) is 31.2 Å². The number of aryl methyl sites for hydroxylation is 1. The van der Waals surface area contributed by atoms with Crippen LogP contribution >= 0.6 is 12.4 Å². The lowest BCUT2D eigenvalue weighted by molar-refractivity contribution is -0.124. The van der Waals surface area contributed by atoms with Gasteiger partial charge in [0.1, 0.15) is 6.04 Å². The van der Waals surface area contributed by atoms with E-state index >= 15 is 0 Å². The number of carbonyl (C=O) groups is 2. The van der Waals surface area contributed by atoms with Gasteiger partial charge in [-0.2, -0.15) is 0 Å². The third-order valence-electron chi connectivity index (χ3n) is 4.67. The lowest BCUT2D eigenvalue weighted by Crippen LogP contribution is -2.53. The van der Waals surface area contributed by atoms with Gasteiger partial charge in [0.15, 0.2) is 0 Å². The molecular formula is C19H30ClN3O2. The quantitative estimate of drug-likeness (QED) is 0.747. The smallest absolute Gasteiger partial charge is 0.251 e. The number of nitrogens with one attached hydrogen (secondary N) is 2. The van der Waals surface area contributed by atoms with Crippen molar-refractivity contribution in [3.63, 3.8) is 0 Å². The molecule has 1 aliphatic carbocycles. The standard InChI is InChI=1S/C19H29N3O2.ClH/c1-12(2)17(19(24)21-16-10-8-15(20)9-11-16)22-18(23)14-6-4-13(3)5-7-14;/h4-7,12,15-17H,8-11,20H2,1-3H3,(H,21,24)(H,22,23);1H. The van der Waals surface area contributed by atoms with E-state index in [0.29, 0.717) is 5.56 Å². The van der Waals surface area contributed by atoms with Gasteiger partial charge in [-0.15, -0.1) is 12.4 Å². The van der Waals surface area contributed by atoms with Crippen molar-refractivity contribution in [3.05, 3.63) is 35.4 Å². The summed E-state index contributed by atoms with van der Waals surface area (Å²) in [5.41, 5.74) is 7.58. The Kier molecular flexibility index (Phi) is 8.39. The van der Waals surface area contributed by atoms with Crippen LogP contribution in [0.2, 0.25) is 0 Å². The average Bonchev–Trinajstić information content (AvgIpc) is 2.54. The number of benzene rings is 1. The lowest BCUT2D eigenvalue weighted by Gasteiger charge is -2.29. The van der Waals surface area contributed by atoms with E-state index in [4.69, 9.17) is 5.73 Å². The molecule has 0 aliphatic heterocycles. The maximum Gasteiger partial charge on any atom is 0.251 e. The van der Waals surface area contributed by atoms with Crippen molar-refractivity contribution in [1.29, 1.82) is 0 Å². The summed E-state index contributed by atoms with van der Waals surface area (Å²) >= 11 is 0. The van der Waals surface area contributed by atoms with Crippen LogP contribution in [0.4, 0.5) is 0 Å². The van der Waals surface area contributed by atoms with Crippen LogP contribution in [-0.2, 0) is 4.79 Å². The van der Waals surface area contributed by atoms with Gasteiger partial charge in [-0.1, -0.05) is 31.5 Å². The summed E-state index contributed by atoms with van der Waals surface area (Å²) in [6.45, 7) is 5.86. The van der Waals surface area contributed by atoms with E-state index in [1.54, 1.807) is 12.1 Å². The van der Waals surface area contributed by atoms with E-state index in [1.165, 1.54) is 0 Å². The highest BCUT2D eigenvalue weighted by Crippen LogP contribution is 2.17. The fourth-order valence-electron chi connectivity index (χ4n) is 3.02. The Morgan fingerprint density at radius 2 is 1.64 bits per heavy atom. The van der Waals surface area contributed by atoms with Crippen molar-refractivity contribution >= 4 is 24.2 Å². The monoisotopic (exact) mass is 367 g/mol. The van der Waals surface area contributed by atoms with E-state index in [2.05, 4.69) is 10.6 Å². The van der Waals surface area contributed by atoms with Crippen molar-refractivity contribution in [2.24, 2.45) is 11.7 Å². The number of rotatable bonds is 5. The minimum atomic E-state index is -0.533. The Morgan fingerprint density at radius 3 is 2.16 bits per heavy atom. The Balaban J connectivity index is 0.00000312. The fourth-order valence-corrected chi connectivity index (χ4v) is 3.02. The predicted molar refractivity (Wildman–Crippen MR) is 103 cm³/mol. The zero-order chi connectivity index (χ0) is 17.7. The maximum absolute atomic E-state index is 12.6. The number of amides is 2. The van der Waals surface area contributed by atoms with Gasteiger partial charge in [-0.05, 0) is 50.7 Å². The van der Waals surface area contributed by atoms with Gasteiger partial charge >= 0.3 is 0 Å². The molecule has 0 radical (unpaired) electrons. The molecule has 1 aliphatic rings. The third-order valence-corrected chi connectivity index (χ3v) is 4.67. The van der Waals surface area contributed by atoms with Gasteiger partial charge in [0.05, 0.1) is 0 Å². The number of halogens is 1. The molecule has 1 unspecified atom stereocenters. The predicted octanol–water partition coefficient (Wildman–Crippen LogP) is 2.56. The van der Waals surface area contributed by atoms with Crippen LogP contribution in [-0.4, -0.2) is 29.9 Å². The summed E-state index contributed by atoms with van der Waals surface area (Å²) in [5.74, 6) is -0.300. The van der Waals surface area contributed by atoms with Gasteiger partial charge in [0, 0.05) is 17.6 Å². The second-order valence-corrected chi connectivity index (χ2v) is 7.18.